The van der Waals surface area contributed by atoms with Crippen molar-refractivity contribution in [2.75, 3.05) is 20.1 Å². The Bertz CT molecular complexity index is 136. The van der Waals surface area contributed by atoms with Gasteiger partial charge in [-0.05, 0) is 59.7 Å². The van der Waals surface area contributed by atoms with Gasteiger partial charge in [0.15, 0.2) is 0 Å². The van der Waals surface area contributed by atoms with Gasteiger partial charge in [-0.3, -0.25) is 4.90 Å². The number of hydrogen-bond acceptors (Lipinski definition) is 2. The van der Waals surface area contributed by atoms with Gasteiger partial charge in [0, 0.05) is 12.1 Å². The molecule has 0 aromatic carbocycles. The van der Waals surface area contributed by atoms with Gasteiger partial charge in [0.05, 0.1) is 0 Å². The summed E-state index contributed by atoms with van der Waals surface area (Å²) in [5, 5.41) is 3.21. The molecule has 1 N–H and O–H groups in total. The van der Waals surface area contributed by atoms with E-state index in [2.05, 4.69) is 24.1 Å². The Morgan fingerprint density at radius 2 is 2.31 bits per heavy atom. The van der Waals surface area contributed by atoms with Crippen molar-refractivity contribution in [3.05, 3.63) is 0 Å². The van der Waals surface area contributed by atoms with Crippen LogP contribution < -0.4 is 5.32 Å². The van der Waals surface area contributed by atoms with E-state index >= 15 is 0 Å². The fraction of sp³-hybridized carbons (Fsp3) is 1.00. The summed E-state index contributed by atoms with van der Waals surface area (Å²) in [4.78, 5) is 2.66. The zero-order chi connectivity index (χ0) is 9.68. The predicted octanol–water partition coefficient (Wildman–Crippen LogP) is 1.86. The molecule has 2 atom stereocenters. The standard InChI is InChI=1S/C11H24N2/c1-10(6-4-8-12-3)13-9-5-7-11(13)2/h10-12H,4-9H2,1-3H3. The molecule has 78 valence electrons. The summed E-state index contributed by atoms with van der Waals surface area (Å²) < 4.78 is 0. The Morgan fingerprint density at radius 3 is 2.85 bits per heavy atom. The van der Waals surface area contributed by atoms with E-state index in [0.29, 0.717) is 0 Å². The van der Waals surface area contributed by atoms with E-state index in [1.165, 1.54) is 32.2 Å². The summed E-state index contributed by atoms with van der Waals surface area (Å²) >= 11 is 0. The predicted molar refractivity (Wildman–Crippen MR) is 58.0 cm³/mol. The lowest BCUT2D eigenvalue weighted by molar-refractivity contribution is 0.191. The Kier molecular flexibility index (Phi) is 4.74. The van der Waals surface area contributed by atoms with E-state index in [9.17, 15) is 0 Å². The molecular formula is C11H24N2. The molecule has 0 aliphatic carbocycles. The van der Waals surface area contributed by atoms with Crippen molar-refractivity contribution in [3.8, 4) is 0 Å². The van der Waals surface area contributed by atoms with Crippen LogP contribution in [-0.4, -0.2) is 37.1 Å². The van der Waals surface area contributed by atoms with E-state index in [0.717, 1.165) is 18.6 Å². The summed E-state index contributed by atoms with van der Waals surface area (Å²) in [6.45, 7) is 7.22. The van der Waals surface area contributed by atoms with Crippen LogP contribution in [0, 0.1) is 0 Å². The summed E-state index contributed by atoms with van der Waals surface area (Å²) in [6.07, 6.45) is 5.44. The number of rotatable bonds is 5. The lowest BCUT2D eigenvalue weighted by Gasteiger charge is -2.28. The fourth-order valence-electron chi connectivity index (χ4n) is 2.35. The van der Waals surface area contributed by atoms with Crippen LogP contribution in [0.25, 0.3) is 0 Å². The van der Waals surface area contributed by atoms with Gasteiger partial charge in [-0.2, -0.15) is 0 Å². The third-order valence-electron chi connectivity index (χ3n) is 3.22. The van der Waals surface area contributed by atoms with Gasteiger partial charge in [0.1, 0.15) is 0 Å². The monoisotopic (exact) mass is 184 g/mol. The lowest BCUT2D eigenvalue weighted by Crippen LogP contribution is -2.35. The van der Waals surface area contributed by atoms with Gasteiger partial charge in [-0.15, -0.1) is 0 Å². The first kappa shape index (κ1) is 11.0. The molecule has 1 heterocycles. The lowest BCUT2D eigenvalue weighted by atomic mass is 10.1. The van der Waals surface area contributed by atoms with Crippen molar-refractivity contribution in [1.82, 2.24) is 10.2 Å². The van der Waals surface area contributed by atoms with E-state index in [-0.39, 0.29) is 0 Å². The van der Waals surface area contributed by atoms with E-state index < -0.39 is 0 Å². The molecule has 2 unspecified atom stereocenters. The average molecular weight is 184 g/mol. The van der Waals surface area contributed by atoms with Crippen LogP contribution in [0.4, 0.5) is 0 Å². The van der Waals surface area contributed by atoms with E-state index in [1.54, 1.807) is 0 Å². The molecule has 0 radical (unpaired) electrons. The van der Waals surface area contributed by atoms with Crippen LogP contribution in [0.15, 0.2) is 0 Å². The van der Waals surface area contributed by atoms with Gasteiger partial charge in [-0.1, -0.05) is 0 Å². The van der Waals surface area contributed by atoms with E-state index in [4.69, 9.17) is 0 Å². The summed E-state index contributed by atoms with van der Waals surface area (Å²) in [5.41, 5.74) is 0. The van der Waals surface area contributed by atoms with Gasteiger partial charge in [0.2, 0.25) is 0 Å². The van der Waals surface area contributed by atoms with Gasteiger partial charge in [-0.25, -0.2) is 0 Å². The molecule has 13 heavy (non-hydrogen) atoms. The van der Waals surface area contributed by atoms with Crippen molar-refractivity contribution in [2.24, 2.45) is 0 Å². The minimum Gasteiger partial charge on any atom is -0.320 e. The average Bonchev–Trinajstić information content (AvgIpc) is 2.52. The smallest absolute Gasteiger partial charge is 0.00702 e. The Labute approximate surface area is 82.7 Å². The normalized spacial score (nSPS) is 26.5. The second-order valence-corrected chi connectivity index (χ2v) is 4.32. The zero-order valence-corrected chi connectivity index (χ0v) is 9.34. The minimum atomic E-state index is 0.783. The van der Waals surface area contributed by atoms with Crippen molar-refractivity contribution in [2.45, 2.75) is 51.6 Å². The Morgan fingerprint density at radius 1 is 1.54 bits per heavy atom. The molecule has 0 aromatic rings. The molecule has 0 amide bonds. The van der Waals surface area contributed by atoms with Crippen LogP contribution >= 0.6 is 0 Å². The quantitative estimate of drug-likeness (QED) is 0.656. The summed E-state index contributed by atoms with van der Waals surface area (Å²) in [7, 11) is 2.03. The number of nitrogens with zero attached hydrogens (tertiary/aromatic N) is 1. The molecule has 0 aromatic heterocycles. The first-order chi connectivity index (χ1) is 6.25. The molecule has 1 rings (SSSR count). The maximum absolute atomic E-state index is 3.21. The third kappa shape index (κ3) is 3.28. The van der Waals surface area contributed by atoms with Crippen LogP contribution in [0.3, 0.4) is 0 Å². The zero-order valence-electron chi connectivity index (χ0n) is 9.34. The van der Waals surface area contributed by atoms with Crippen LogP contribution in [-0.2, 0) is 0 Å². The first-order valence-electron chi connectivity index (χ1n) is 5.66. The third-order valence-corrected chi connectivity index (χ3v) is 3.22. The highest BCUT2D eigenvalue weighted by molar-refractivity contribution is 4.79. The second kappa shape index (κ2) is 5.61. The molecule has 1 aliphatic heterocycles. The maximum Gasteiger partial charge on any atom is 0.00702 e. The topological polar surface area (TPSA) is 15.3 Å². The highest BCUT2D eigenvalue weighted by Crippen LogP contribution is 2.21. The Balaban J connectivity index is 2.18. The van der Waals surface area contributed by atoms with Crippen molar-refractivity contribution < 1.29 is 0 Å². The van der Waals surface area contributed by atoms with Crippen molar-refractivity contribution in [3.63, 3.8) is 0 Å². The minimum absolute atomic E-state index is 0.783. The molecule has 2 heteroatoms. The highest BCUT2D eigenvalue weighted by Gasteiger charge is 2.24. The van der Waals surface area contributed by atoms with Crippen LogP contribution in [0.5, 0.6) is 0 Å². The van der Waals surface area contributed by atoms with Crippen LogP contribution in [0.2, 0.25) is 0 Å². The largest absolute Gasteiger partial charge is 0.320 e. The molecule has 0 saturated carbocycles. The maximum atomic E-state index is 3.21. The SMILES string of the molecule is CNCCCC(C)N1CCCC1C. The fourth-order valence-corrected chi connectivity index (χ4v) is 2.35. The molecule has 1 fully saturated rings. The highest BCUT2D eigenvalue weighted by atomic mass is 15.2. The summed E-state index contributed by atoms with van der Waals surface area (Å²) in [6, 6.07) is 1.61. The van der Waals surface area contributed by atoms with E-state index in [1.807, 2.05) is 7.05 Å². The van der Waals surface area contributed by atoms with Gasteiger partial charge in [0.25, 0.3) is 0 Å². The molecule has 2 nitrogen and oxygen atoms in total. The van der Waals surface area contributed by atoms with Gasteiger partial charge < -0.3 is 5.32 Å². The van der Waals surface area contributed by atoms with Crippen LogP contribution in [0.1, 0.15) is 39.5 Å². The first-order valence-corrected chi connectivity index (χ1v) is 5.66. The number of nitrogens with one attached hydrogen (secondary N) is 1. The Hall–Kier alpha value is -0.0800. The number of likely N-dealkylation sites (tertiary alicyclic amines) is 1. The molecule has 0 spiro atoms. The van der Waals surface area contributed by atoms with Crippen molar-refractivity contribution in [1.29, 1.82) is 0 Å². The molecule has 0 bridgehead atoms. The molecule has 1 saturated heterocycles. The van der Waals surface area contributed by atoms with Crippen molar-refractivity contribution >= 4 is 0 Å². The van der Waals surface area contributed by atoms with Gasteiger partial charge >= 0.3 is 0 Å². The molecular weight excluding hydrogens is 160 g/mol. The second-order valence-electron chi connectivity index (χ2n) is 4.32. The molecule has 1 aliphatic rings. The summed E-state index contributed by atoms with van der Waals surface area (Å²) in [5.74, 6) is 0. The number of hydrogen-bond donors (Lipinski definition) is 1.